The van der Waals surface area contributed by atoms with Crippen LogP contribution in [-0.2, 0) is 12.8 Å². The van der Waals surface area contributed by atoms with Crippen molar-refractivity contribution in [2.75, 3.05) is 23.9 Å². The highest BCUT2D eigenvalue weighted by Crippen LogP contribution is 2.30. The number of anilines is 1. The first-order valence-electron chi connectivity index (χ1n) is 7.17. The molecule has 0 amide bonds. The summed E-state index contributed by atoms with van der Waals surface area (Å²) in [6.07, 6.45) is -0.822. The van der Waals surface area contributed by atoms with E-state index < -0.39 is 6.36 Å². The second-order valence-corrected chi connectivity index (χ2v) is 6.13. The van der Waals surface area contributed by atoms with Crippen LogP contribution in [0.3, 0.4) is 0 Å². The van der Waals surface area contributed by atoms with Crippen LogP contribution in [-0.4, -0.2) is 34.7 Å². The van der Waals surface area contributed by atoms with E-state index in [1.807, 2.05) is 0 Å². The van der Waals surface area contributed by atoms with Gasteiger partial charge in [-0.25, -0.2) is 4.68 Å². The number of fused-ring (bicyclic) bond motifs is 1. The molecule has 0 saturated carbocycles. The normalized spacial score (nSPS) is 13.7. The molecule has 1 N–H and O–H groups in total. The number of aryl methyl sites for hydroxylation is 1. The molecule has 0 bridgehead atoms. The second-order valence-electron chi connectivity index (χ2n) is 5.15. The summed E-state index contributed by atoms with van der Waals surface area (Å²) in [4.78, 5) is 0. The van der Waals surface area contributed by atoms with E-state index in [0.29, 0.717) is 5.69 Å². The maximum absolute atomic E-state index is 12.2. The quantitative estimate of drug-likeness (QED) is 0.900. The average molecular weight is 343 g/mol. The molecule has 0 atom stereocenters. The Kier molecular flexibility index (Phi) is 4.43. The van der Waals surface area contributed by atoms with Crippen LogP contribution in [0.25, 0.3) is 5.69 Å². The zero-order valence-corrected chi connectivity index (χ0v) is 13.3. The van der Waals surface area contributed by atoms with Gasteiger partial charge in [-0.3, -0.25) is 0 Å². The molecule has 0 aliphatic carbocycles. The minimum absolute atomic E-state index is 0.236. The fourth-order valence-electron chi connectivity index (χ4n) is 2.62. The van der Waals surface area contributed by atoms with Gasteiger partial charge in [0.2, 0.25) is 0 Å². The average Bonchev–Trinajstić information content (AvgIpc) is 3.07. The molecule has 1 aliphatic rings. The molecule has 8 heteroatoms. The summed E-state index contributed by atoms with van der Waals surface area (Å²) in [6.45, 7) is 0.856. The molecule has 1 aromatic heterocycles. The van der Waals surface area contributed by atoms with E-state index in [9.17, 15) is 13.2 Å². The third-order valence-electron chi connectivity index (χ3n) is 3.59. The van der Waals surface area contributed by atoms with Crippen LogP contribution in [0.2, 0.25) is 0 Å². The summed E-state index contributed by atoms with van der Waals surface area (Å²) in [6, 6.07) is 5.75. The Morgan fingerprint density at radius 2 is 2.04 bits per heavy atom. The number of nitrogens with one attached hydrogen (secondary N) is 1. The van der Waals surface area contributed by atoms with E-state index in [2.05, 4.69) is 21.4 Å². The first-order chi connectivity index (χ1) is 11.0. The summed E-state index contributed by atoms with van der Waals surface area (Å²) < 4.78 is 42.3. The van der Waals surface area contributed by atoms with Crippen LogP contribution in [0.15, 0.2) is 24.3 Å². The van der Waals surface area contributed by atoms with Crippen molar-refractivity contribution in [1.29, 1.82) is 0 Å². The Morgan fingerprint density at radius 3 is 2.70 bits per heavy atom. The zero-order chi connectivity index (χ0) is 16.4. The molecule has 0 spiro atoms. The maximum atomic E-state index is 12.2. The van der Waals surface area contributed by atoms with Crippen molar-refractivity contribution in [2.24, 2.45) is 0 Å². The number of benzene rings is 1. The predicted molar refractivity (Wildman–Crippen MR) is 84.5 cm³/mol. The Labute approximate surface area is 136 Å². The number of alkyl halides is 3. The number of halogens is 3. The van der Waals surface area contributed by atoms with Crippen LogP contribution in [0.4, 0.5) is 19.0 Å². The second kappa shape index (κ2) is 6.35. The van der Waals surface area contributed by atoms with Gasteiger partial charge in [-0.1, -0.05) is 0 Å². The maximum Gasteiger partial charge on any atom is 0.573 e. The van der Waals surface area contributed by atoms with Crippen LogP contribution in [0, 0.1) is 0 Å². The van der Waals surface area contributed by atoms with Crippen LogP contribution >= 0.6 is 11.8 Å². The number of rotatable bonds is 5. The topological polar surface area (TPSA) is 39.1 Å². The lowest BCUT2D eigenvalue weighted by Gasteiger charge is -2.10. The van der Waals surface area contributed by atoms with Crippen molar-refractivity contribution < 1.29 is 17.9 Å². The molecule has 1 aliphatic heterocycles. The van der Waals surface area contributed by atoms with Crippen LogP contribution in [0.1, 0.15) is 11.3 Å². The van der Waals surface area contributed by atoms with E-state index in [0.717, 1.165) is 36.7 Å². The highest BCUT2D eigenvalue weighted by Gasteiger charge is 2.31. The van der Waals surface area contributed by atoms with Gasteiger partial charge in [0, 0.05) is 18.5 Å². The van der Waals surface area contributed by atoms with Crippen molar-refractivity contribution >= 4 is 17.6 Å². The van der Waals surface area contributed by atoms with E-state index in [1.54, 1.807) is 28.6 Å². The number of nitrogens with zero attached hydrogens (tertiary/aromatic N) is 2. The molecule has 0 fully saturated rings. The van der Waals surface area contributed by atoms with Crippen molar-refractivity contribution in [3.05, 3.63) is 35.5 Å². The van der Waals surface area contributed by atoms with Gasteiger partial charge in [0.1, 0.15) is 11.6 Å². The van der Waals surface area contributed by atoms with Crippen molar-refractivity contribution in [3.63, 3.8) is 0 Å². The van der Waals surface area contributed by atoms with Gasteiger partial charge in [-0.15, -0.1) is 13.2 Å². The van der Waals surface area contributed by atoms with E-state index in [-0.39, 0.29) is 5.75 Å². The van der Waals surface area contributed by atoms with Gasteiger partial charge < -0.3 is 10.1 Å². The molecular formula is C15H16F3N3OS. The third-order valence-corrected chi connectivity index (χ3v) is 4.20. The lowest BCUT2D eigenvalue weighted by molar-refractivity contribution is -0.274. The minimum Gasteiger partial charge on any atom is -0.406 e. The summed E-state index contributed by atoms with van der Waals surface area (Å²) >= 11 is 1.76. The lowest BCUT2D eigenvalue weighted by Crippen LogP contribution is -2.17. The summed E-state index contributed by atoms with van der Waals surface area (Å²) in [7, 11) is 0. The first-order valence-corrected chi connectivity index (χ1v) is 8.57. The van der Waals surface area contributed by atoms with E-state index >= 15 is 0 Å². The van der Waals surface area contributed by atoms with Gasteiger partial charge in [0.05, 0.1) is 11.4 Å². The SMILES string of the molecule is CSCCc1nn(-c2ccc(OC(F)(F)F)cc2)c2c1CCN2. The van der Waals surface area contributed by atoms with Crippen LogP contribution < -0.4 is 10.1 Å². The molecular weight excluding hydrogens is 327 g/mol. The number of hydrogen-bond acceptors (Lipinski definition) is 4. The Bertz CT molecular complexity index is 683. The monoisotopic (exact) mass is 343 g/mol. The number of thioether (sulfide) groups is 1. The lowest BCUT2D eigenvalue weighted by atomic mass is 10.2. The summed E-state index contributed by atoms with van der Waals surface area (Å²) in [5.74, 6) is 1.69. The van der Waals surface area contributed by atoms with E-state index in [4.69, 9.17) is 0 Å². The molecule has 3 rings (SSSR count). The predicted octanol–water partition coefficient (Wildman–Crippen LogP) is 3.64. The van der Waals surface area contributed by atoms with Gasteiger partial charge >= 0.3 is 6.36 Å². The van der Waals surface area contributed by atoms with Crippen molar-refractivity contribution in [3.8, 4) is 11.4 Å². The smallest absolute Gasteiger partial charge is 0.406 e. The number of aromatic nitrogens is 2. The number of ether oxygens (including phenoxy) is 1. The fourth-order valence-corrected chi connectivity index (χ4v) is 3.02. The highest BCUT2D eigenvalue weighted by atomic mass is 32.2. The fraction of sp³-hybridized carbons (Fsp3) is 0.400. The van der Waals surface area contributed by atoms with Gasteiger partial charge in [-0.2, -0.15) is 16.9 Å². The minimum atomic E-state index is -4.68. The molecule has 2 heterocycles. The Morgan fingerprint density at radius 1 is 1.30 bits per heavy atom. The Hall–Kier alpha value is -1.83. The summed E-state index contributed by atoms with van der Waals surface area (Å²) in [5.41, 5.74) is 2.96. The van der Waals surface area contributed by atoms with Gasteiger partial charge in [0.25, 0.3) is 0 Å². The highest BCUT2D eigenvalue weighted by molar-refractivity contribution is 7.98. The number of hydrogen-bond donors (Lipinski definition) is 1. The summed E-state index contributed by atoms with van der Waals surface area (Å²) in [5, 5.41) is 7.92. The van der Waals surface area contributed by atoms with Crippen LogP contribution in [0.5, 0.6) is 5.75 Å². The molecule has 23 heavy (non-hydrogen) atoms. The molecule has 4 nitrogen and oxygen atoms in total. The molecule has 2 aromatic rings. The molecule has 0 saturated heterocycles. The first kappa shape index (κ1) is 16.0. The standard InChI is InChI=1S/C15H16F3N3OS/c1-23-9-7-13-12-6-8-19-14(12)21(20-13)10-2-4-11(5-3-10)22-15(16,17)18/h2-5,19H,6-9H2,1H3. The zero-order valence-electron chi connectivity index (χ0n) is 12.5. The van der Waals surface area contributed by atoms with E-state index in [1.165, 1.54) is 17.7 Å². The van der Waals surface area contributed by atoms with Gasteiger partial charge in [0.15, 0.2) is 0 Å². The van der Waals surface area contributed by atoms with Crippen molar-refractivity contribution in [1.82, 2.24) is 9.78 Å². The third kappa shape index (κ3) is 3.57. The molecule has 1 aromatic carbocycles. The molecule has 124 valence electrons. The van der Waals surface area contributed by atoms with Gasteiger partial charge in [-0.05, 0) is 42.7 Å². The van der Waals surface area contributed by atoms with Crippen molar-refractivity contribution in [2.45, 2.75) is 19.2 Å². The Balaban J connectivity index is 1.87. The molecule has 0 radical (unpaired) electrons. The molecule has 0 unspecified atom stereocenters. The largest absolute Gasteiger partial charge is 0.573 e.